The summed E-state index contributed by atoms with van der Waals surface area (Å²) in [6.45, 7) is 2.26. The lowest BCUT2D eigenvalue weighted by molar-refractivity contribution is 0.412. The number of nitrogens with two attached hydrogens (primary N) is 1. The number of aryl methyl sites for hydroxylation is 1. The summed E-state index contributed by atoms with van der Waals surface area (Å²) in [5, 5.41) is 8.49. The number of nitrogens with zero attached hydrogens (tertiary/aromatic N) is 3. The number of rotatable bonds is 14. The van der Waals surface area contributed by atoms with E-state index in [4.69, 9.17) is 26.7 Å². The van der Waals surface area contributed by atoms with E-state index in [0.717, 1.165) is 30.6 Å². The number of ether oxygens (including phenoxy) is 1. The van der Waals surface area contributed by atoms with Gasteiger partial charge in [0.25, 0.3) is 5.89 Å². The van der Waals surface area contributed by atoms with Crippen molar-refractivity contribution in [3.05, 3.63) is 29.7 Å². The van der Waals surface area contributed by atoms with Crippen molar-refractivity contribution >= 4 is 17.6 Å². The molecule has 3 rings (SSSR count). The minimum absolute atomic E-state index is 0.329. The Balaban J connectivity index is 1.57. The van der Waals surface area contributed by atoms with Crippen LogP contribution in [0.15, 0.2) is 27.1 Å². The molecule has 6 nitrogen and oxygen atoms in total. The molecule has 1 heterocycles. The number of aromatic nitrogens is 2. The minimum Gasteiger partial charge on any atom is -0.496 e. The number of unbranched alkanes of at least 4 members (excludes halogenated alkanes) is 8. The van der Waals surface area contributed by atoms with Crippen LogP contribution < -0.4 is 10.5 Å². The molecule has 1 fully saturated rings. The third kappa shape index (κ3) is 6.00. The van der Waals surface area contributed by atoms with Gasteiger partial charge in [-0.2, -0.15) is 4.51 Å². The molecular weight excluding hydrogens is 412 g/mol. The summed E-state index contributed by atoms with van der Waals surface area (Å²) in [4.78, 5) is 0. The first-order valence-electron chi connectivity index (χ1n) is 11.6. The van der Waals surface area contributed by atoms with Gasteiger partial charge in [0.05, 0.1) is 12.7 Å². The number of hydrogen-bond donors (Lipinski definition) is 1. The van der Waals surface area contributed by atoms with Crippen LogP contribution in [0.2, 0.25) is 0 Å². The zero-order valence-electron chi connectivity index (χ0n) is 18.8. The van der Waals surface area contributed by atoms with Crippen LogP contribution in [-0.2, 0) is 11.8 Å². The molecule has 1 aliphatic carbocycles. The summed E-state index contributed by atoms with van der Waals surface area (Å²) in [7, 11) is 1.65. The van der Waals surface area contributed by atoms with Gasteiger partial charge < -0.3 is 14.9 Å². The Morgan fingerprint density at radius 3 is 2.39 bits per heavy atom. The van der Waals surface area contributed by atoms with E-state index < -0.39 is 5.41 Å². The fourth-order valence-corrected chi connectivity index (χ4v) is 4.19. The molecule has 0 aliphatic heterocycles. The topological polar surface area (TPSA) is 86.5 Å². The van der Waals surface area contributed by atoms with Gasteiger partial charge in [0.15, 0.2) is 0 Å². The van der Waals surface area contributed by atoms with Crippen molar-refractivity contribution in [2.75, 3.05) is 7.11 Å². The van der Waals surface area contributed by atoms with Crippen molar-refractivity contribution in [1.82, 2.24) is 10.2 Å². The second kappa shape index (κ2) is 11.5. The zero-order chi connectivity index (χ0) is 22.1. The molecule has 7 heteroatoms. The van der Waals surface area contributed by atoms with Crippen LogP contribution in [0, 0.1) is 0 Å². The molecule has 0 atom stereocenters. The maximum Gasteiger partial charge on any atom is 0.251 e. The summed E-state index contributed by atoms with van der Waals surface area (Å²) >= 11 is 5.58. The first-order chi connectivity index (χ1) is 15.1. The van der Waals surface area contributed by atoms with Crippen LogP contribution in [0.5, 0.6) is 5.75 Å². The molecular formula is C24H35ClN4O2. The quantitative estimate of drug-likeness (QED) is 0.207. The Bertz CT molecular complexity index is 861. The van der Waals surface area contributed by atoms with Crippen LogP contribution in [0.4, 0.5) is 0 Å². The average Bonchev–Trinajstić information content (AvgIpc) is 3.46. The van der Waals surface area contributed by atoms with Crippen LogP contribution in [-0.4, -0.2) is 23.1 Å². The summed E-state index contributed by atoms with van der Waals surface area (Å²) < 4.78 is 15.1. The third-order valence-electron chi connectivity index (χ3n) is 6.23. The van der Waals surface area contributed by atoms with Gasteiger partial charge in [-0.25, -0.2) is 0 Å². The summed E-state index contributed by atoms with van der Waals surface area (Å²) in [6.07, 6.45) is 14.6. The second-order valence-electron chi connectivity index (χ2n) is 8.58. The zero-order valence-corrected chi connectivity index (χ0v) is 19.6. The highest BCUT2D eigenvalue weighted by molar-refractivity contribution is 6.21. The van der Waals surface area contributed by atoms with Gasteiger partial charge in [-0.1, -0.05) is 64.4 Å². The summed E-state index contributed by atoms with van der Waals surface area (Å²) in [5.74, 6) is 1.95. The molecule has 0 unspecified atom stereocenters. The molecule has 0 radical (unpaired) electrons. The fourth-order valence-electron chi connectivity index (χ4n) is 4.03. The molecule has 1 aromatic carbocycles. The number of halogens is 1. The van der Waals surface area contributed by atoms with E-state index >= 15 is 0 Å². The Morgan fingerprint density at radius 1 is 1.10 bits per heavy atom. The van der Waals surface area contributed by atoms with Gasteiger partial charge in [-0.15, -0.1) is 10.2 Å². The minimum atomic E-state index is -0.506. The van der Waals surface area contributed by atoms with Crippen molar-refractivity contribution in [2.24, 2.45) is 10.2 Å². The number of hydrogen-bond acceptors (Lipinski definition) is 5. The SMILES string of the molecule is CCCCCCCCCCCc1ccc(OC)c(-c2nnc(C3(/C(N)=N/Cl)CC3)o2)c1. The molecule has 2 N–H and O–H groups in total. The van der Waals surface area contributed by atoms with Gasteiger partial charge in [-0.3, -0.25) is 0 Å². The fraction of sp³-hybridized carbons (Fsp3) is 0.625. The van der Waals surface area contributed by atoms with Crippen molar-refractivity contribution < 1.29 is 9.15 Å². The lowest BCUT2D eigenvalue weighted by Gasteiger charge is -2.09. The number of benzene rings is 1. The van der Waals surface area contributed by atoms with Crippen molar-refractivity contribution in [3.63, 3.8) is 0 Å². The molecule has 0 saturated heterocycles. The van der Waals surface area contributed by atoms with Gasteiger partial charge in [0.1, 0.15) is 17.0 Å². The molecule has 0 amide bonds. The molecule has 1 aromatic heterocycles. The third-order valence-corrected chi connectivity index (χ3v) is 6.41. The maximum atomic E-state index is 5.99. The van der Waals surface area contributed by atoms with Crippen LogP contribution >= 0.6 is 11.8 Å². The summed E-state index contributed by atoms with van der Waals surface area (Å²) in [6, 6.07) is 6.19. The first-order valence-corrected chi connectivity index (χ1v) is 11.9. The van der Waals surface area contributed by atoms with E-state index in [1.807, 2.05) is 6.07 Å². The van der Waals surface area contributed by atoms with Crippen molar-refractivity contribution in [3.8, 4) is 17.2 Å². The van der Waals surface area contributed by atoms with Gasteiger partial charge in [0.2, 0.25) is 5.89 Å². The normalized spacial score (nSPS) is 15.3. The molecule has 2 aromatic rings. The van der Waals surface area contributed by atoms with E-state index in [-0.39, 0.29) is 0 Å². The van der Waals surface area contributed by atoms with Crippen LogP contribution in [0.25, 0.3) is 11.5 Å². The average molecular weight is 447 g/mol. The van der Waals surface area contributed by atoms with E-state index in [1.54, 1.807) is 7.11 Å². The highest BCUT2D eigenvalue weighted by Gasteiger charge is 2.53. The predicted molar refractivity (Wildman–Crippen MR) is 126 cm³/mol. The maximum absolute atomic E-state index is 5.99. The van der Waals surface area contributed by atoms with E-state index in [0.29, 0.717) is 17.6 Å². The Hall–Kier alpha value is -2.08. The second-order valence-corrected chi connectivity index (χ2v) is 8.75. The Morgan fingerprint density at radius 2 is 1.77 bits per heavy atom. The smallest absolute Gasteiger partial charge is 0.251 e. The highest BCUT2D eigenvalue weighted by atomic mass is 35.5. The van der Waals surface area contributed by atoms with Gasteiger partial charge in [-0.05, 0) is 43.4 Å². The van der Waals surface area contributed by atoms with Gasteiger partial charge in [0, 0.05) is 11.8 Å². The number of methoxy groups -OCH3 is 1. The molecule has 0 spiro atoms. The molecule has 0 bridgehead atoms. The Labute approximate surface area is 190 Å². The standard InChI is InChI=1S/C24H35ClN4O2/c1-3-4-5-6-7-8-9-10-11-12-18-13-14-20(30-2)19(17-18)21-28-29-23(31-21)24(15-16-24)22(26)27-25/h13-14,17H,3-12,15-16H2,1-2H3,(H2,26,27). The first kappa shape index (κ1) is 23.6. The molecule has 1 aliphatic rings. The molecule has 1 saturated carbocycles. The molecule has 31 heavy (non-hydrogen) atoms. The Kier molecular flexibility index (Phi) is 8.76. The van der Waals surface area contributed by atoms with Crippen LogP contribution in [0.1, 0.15) is 89.0 Å². The van der Waals surface area contributed by atoms with Gasteiger partial charge >= 0.3 is 0 Å². The van der Waals surface area contributed by atoms with E-state index in [9.17, 15) is 0 Å². The lowest BCUT2D eigenvalue weighted by Crippen LogP contribution is -2.28. The van der Waals surface area contributed by atoms with E-state index in [1.165, 1.54) is 63.4 Å². The van der Waals surface area contributed by atoms with E-state index in [2.05, 4.69) is 33.8 Å². The monoisotopic (exact) mass is 446 g/mol. The summed E-state index contributed by atoms with van der Waals surface area (Å²) in [5.41, 5.74) is 7.52. The highest BCUT2D eigenvalue weighted by Crippen LogP contribution is 2.48. The van der Waals surface area contributed by atoms with Crippen molar-refractivity contribution in [1.29, 1.82) is 0 Å². The predicted octanol–water partition coefficient (Wildman–Crippen LogP) is 6.36. The largest absolute Gasteiger partial charge is 0.496 e. The molecule has 170 valence electrons. The lowest BCUT2D eigenvalue weighted by atomic mass is 10.0. The van der Waals surface area contributed by atoms with Crippen molar-refractivity contribution in [2.45, 2.75) is 89.4 Å². The number of amidine groups is 1. The van der Waals surface area contributed by atoms with Crippen LogP contribution in [0.3, 0.4) is 0 Å².